The first-order valence-electron chi connectivity index (χ1n) is 6.71. The second kappa shape index (κ2) is 6.85. The molecule has 1 aromatic carbocycles. The molecule has 1 saturated heterocycles. The van der Waals surface area contributed by atoms with E-state index in [1.54, 1.807) is 6.07 Å². The van der Waals surface area contributed by atoms with Crippen molar-refractivity contribution in [2.24, 2.45) is 0 Å². The van der Waals surface area contributed by atoms with Crippen LogP contribution in [0, 0.1) is 0 Å². The van der Waals surface area contributed by atoms with Gasteiger partial charge in [0.1, 0.15) is 11.5 Å². The number of aromatic hydroxyl groups is 1. The molecule has 20 heavy (non-hydrogen) atoms. The fourth-order valence-corrected chi connectivity index (χ4v) is 2.61. The van der Waals surface area contributed by atoms with Gasteiger partial charge in [0.05, 0.1) is 7.11 Å². The number of phenolic OH excluding ortho intramolecular Hbond substituents is 1. The van der Waals surface area contributed by atoms with E-state index in [0.29, 0.717) is 11.3 Å². The van der Waals surface area contributed by atoms with Crippen molar-refractivity contribution < 1.29 is 18.6 Å². The van der Waals surface area contributed by atoms with E-state index in [2.05, 4.69) is 5.32 Å². The third-order valence-electron chi connectivity index (χ3n) is 3.57. The summed E-state index contributed by atoms with van der Waals surface area (Å²) in [5.41, 5.74) is 0.701. The number of piperazine rings is 1. The van der Waals surface area contributed by atoms with Crippen LogP contribution in [-0.4, -0.2) is 49.7 Å². The van der Waals surface area contributed by atoms with E-state index in [4.69, 9.17) is 4.74 Å². The number of alkyl halides is 2. The smallest absolute Gasteiger partial charge is 0.240 e. The summed E-state index contributed by atoms with van der Waals surface area (Å²) in [6.07, 6.45) is -2.62. The van der Waals surface area contributed by atoms with Crippen LogP contribution in [0.1, 0.15) is 18.0 Å². The molecule has 0 aliphatic carbocycles. The standard InChI is InChI=1S/C14H20F2N2O2/c1-20-13-8-10(19)2-3-11(13)12(9-14(15)16)18-6-4-17-5-7-18/h2-3,8,12,14,17,19H,4-7,9H2,1H3/t12-/m1/s1. The van der Waals surface area contributed by atoms with Gasteiger partial charge in [-0.1, -0.05) is 6.07 Å². The summed E-state index contributed by atoms with van der Waals surface area (Å²) in [5, 5.41) is 12.7. The second-order valence-corrected chi connectivity index (χ2v) is 4.85. The minimum Gasteiger partial charge on any atom is -0.508 e. The molecule has 0 spiro atoms. The molecule has 1 aliphatic rings. The van der Waals surface area contributed by atoms with Crippen LogP contribution in [0.3, 0.4) is 0 Å². The van der Waals surface area contributed by atoms with Crippen molar-refractivity contribution in [3.05, 3.63) is 23.8 Å². The molecule has 0 aromatic heterocycles. The average molecular weight is 286 g/mol. The Labute approximate surface area is 117 Å². The lowest BCUT2D eigenvalue weighted by Gasteiger charge is -2.35. The minimum absolute atomic E-state index is 0.0710. The molecule has 1 heterocycles. The van der Waals surface area contributed by atoms with Crippen LogP contribution < -0.4 is 10.1 Å². The van der Waals surface area contributed by atoms with E-state index in [1.165, 1.54) is 19.2 Å². The van der Waals surface area contributed by atoms with Gasteiger partial charge in [0.15, 0.2) is 0 Å². The molecule has 6 heteroatoms. The Balaban J connectivity index is 2.29. The van der Waals surface area contributed by atoms with Crippen molar-refractivity contribution >= 4 is 0 Å². The summed E-state index contributed by atoms with van der Waals surface area (Å²) < 4.78 is 31.0. The fourth-order valence-electron chi connectivity index (χ4n) is 2.61. The summed E-state index contributed by atoms with van der Waals surface area (Å²) in [4.78, 5) is 2.04. The Bertz CT molecular complexity index is 437. The van der Waals surface area contributed by atoms with Gasteiger partial charge >= 0.3 is 0 Å². The Morgan fingerprint density at radius 3 is 2.65 bits per heavy atom. The first-order chi connectivity index (χ1) is 9.61. The molecule has 1 aromatic rings. The number of phenols is 1. The van der Waals surface area contributed by atoms with Gasteiger partial charge < -0.3 is 15.2 Å². The van der Waals surface area contributed by atoms with E-state index in [1.807, 2.05) is 4.90 Å². The van der Waals surface area contributed by atoms with Gasteiger partial charge in [-0.3, -0.25) is 4.90 Å². The summed E-state index contributed by atoms with van der Waals surface area (Å²) >= 11 is 0. The van der Waals surface area contributed by atoms with Crippen molar-refractivity contribution in [1.29, 1.82) is 0 Å². The molecule has 0 unspecified atom stereocenters. The maximum Gasteiger partial charge on any atom is 0.240 e. The highest BCUT2D eigenvalue weighted by molar-refractivity contribution is 5.42. The third kappa shape index (κ3) is 3.58. The molecule has 0 radical (unpaired) electrons. The average Bonchev–Trinajstić information content (AvgIpc) is 2.45. The summed E-state index contributed by atoms with van der Waals surface area (Å²) in [6, 6.07) is 4.25. The zero-order chi connectivity index (χ0) is 14.5. The lowest BCUT2D eigenvalue weighted by Crippen LogP contribution is -2.45. The van der Waals surface area contributed by atoms with Gasteiger partial charge in [0.2, 0.25) is 6.43 Å². The van der Waals surface area contributed by atoms with Crippen LogP contribution in [0.15, 0.2) is 18.2 Å². The van der Waals surface area contributed by atoms with Crippen LogP contribution in [0.25, 0.3) is 0 Å². The molecular weight excluding hydrogens is 266 g/mol. The molecule has 0 amide bonds. The number of rotatable bonds is 5. The summed E-state index contributed by atoms with van der Waals surface area (Å²) in [5.74, 6) is 0.524. The zero-order valence-corrected chi connectivity index (χ0v) is 11.5. The maximum atomic E-state index is 12.9. The highest BCUT2D eigenvalue weighted by Crippen LogP contribution is 2.35. The van der Waals surface area contributed by atoms with E-state index in [0.717, 1.165) is 26.2 Å². The van der Waals surface area contributed by atoms with E-state index in [-0.39, 0.29) is 12.2 Å². The normalized spacial score (nSPS) is 18.2. The molecule has 0 bridgehead atoms. The maximum absolute atomic E-state index is 12.9. The van der Waals surface area contributed by atoms with E-state index < -0.39 is 12.5 Å². The molecule has 2 N–H and O–H groups in total. The Hall–Kier alpha value is -1.40. The van der Waals surface area contributed by atoms with Crippen molar-refractivity contribution in [3.63, 3.8) is 0 Å². The van der Waals surface area contributed by atoms with E-state index >= 15 is 0 Å². The van der Waals surface area contributed by atoms with Crippen LogP contribution in [0.2, 0.25) is 0 Å². The van der Waals surface area contributed by atoms with Gasteiger partial charge in [-0.05, 0) is 6.07 Å². The number of benzene rings is 1. The molecule has 0 saturated carbocycles. The molecular formula is C14H20F2N2O2. The van der Waals surface area contributed by atoms with Gasteiger partial charge in [-0.25, -0.2) is 8.78 Å². The molecule has 2 rings (SSSR count). The molecule has 1 fully saturated rings. The summed E-state index contributed by atoms with van der Waals surface area (Å²) in [6.45, 7) is 3.03. The van der Waals surface area contributed by atoms with Crippen molar-refractivity contribution in [3.8, 4) is 11.5 Å². The van der Waals surface area contributed by atoms with Crippen LogP contribution in [-0.2, 0) is 0 Å². The largest absolute Gasteiger partial charge is 0.508 e. The number of nitrogens with one attached hydrogen (secondary N) is 1. The van der Waals surface area contributed by atoms with Crippen molar-refractivity contribution in [2.45, 2.75) is 18.9 Å². The third-order valence-corrected chi connectivity index (χ3v) is 3.57. The highest BCUT2D eigenvalue weighted by atomic mass is 19.3. The monoisotopic (exact) mass is 286 g/mol. The highest BCUT2D eigenvalue weighted by Gasteiger charge is 2.27. The number of ether oxygens (including phenoxy) is 1. The molecule has 112 valence electrons. The predicted molar refractivity (Wildman–Crippen MR) is 72.5 cm³/mol. The van der Waals surface area contributed by atoms with Gasteiger partial charge in [-0.15, -0.1) is 0 Å². The van der Waals surface area contributed by atoms with Crippen molar-refractivity contribution in [2.75, 3.05) is 33.3 Å². The second-order valence-electron chi connectivity index (χ2n) is 4.85. The first kappa shape index (κ1) is 15.0. The SMILES string of the molecule is COc1cc(O)ccc1[C@@H](CC(F)F)N1CCNCC1. The molecule has 1 aliphatic heterocycles. The number of halogens is 2. The number of nitrogens with zero attached hydrogens (tertiary/aromatic N) is 1. The van der Waals surface area contributed by atoms with E-state index in [9.17, 15) is 13.9 Å². The fraction of sp³-hybridized carbons (Fsp3) is 0.571. The van der Waals surface area contributed by atoms with Gasteiger partial charge in [-0.2, -0.15) is 0 Å². The Morgan fingerprint density at radius 1 is 1.35 bits per heavy atom. The lowest BCUT2D eigenvalue weighted by atomic mass is 10.00. The number of hydrogen-bond acceptors (Lipinski definition) is 4. The lowest BCUT2D eigenvalue weighted by molar-refractivity contribution is 0.0729. The molecule has 4 nitrogen and oxygen atoms in total. The minimum atomic E-state index is -2.38. The topological polar surface area (TPSA) is 44.7 Å². The van der Waals surface area contributed by atoms with Crippen LogP contribution in [0.5, 0.6) is 11.5 Å². The van der Waals surface area contributed by atoms with Gasteiger partial charge in [0, 0.05) is 50.3 Å². The van der Waals surface area contributed by atoms with Crippen molar-refractivity contribution in [1.82, 2.24) is 10.2 Å². The number of hydrogen-bond donors (Lipinski definition) is 2. The first-order valence-corrected chi connectivity index (χ1v) is 6.71. The Kier molecular flexibility index (Phi) is 5.14. The van der Waals surface area contributed by atoms with Crippen LogP contribution in [0.4, 0.5) is 8.78 Å². The van der Waals surface area contributed by atoms with Crippen LogP contribution >= 0.6 is 0 Å². The molecule has 1 atom stereocenters. The zero-order valence-electron chi connectivity index (χ0n) is 11.5. The summed E-state index contributed by atoms with van der Waals surface area (Å²) in [7, 11) is 1.48. The predicted octanol–water partition coefficient (Wildman–Crippen LogP) is 2.00. The quantitative estimate of drug-likeness (QED) is 0.869. The number of methoxy groups -OCH3 is 1. The van der Waals surface area contributed by atoms with Gasteiger partial charge in [0.25, 0.3) is 0 Å². The Morgan fingerprint density at radius 2 is 2.05 bits per heavy atom.